The minimum absolute atomic E-state index is 0.143. The number of imidazole rings is 1. The van der Waals surface area contributed by atoms with Gasteiger partial charge >= 0.3 is 8.25 Å². The summed E-state index contributed by atoms with van der Waals surface area (Å²) in [5, 5.41) is 16.2. The summed E-state index contributed by atoms with van der Waals surface area (Å²) in [7, 11) is -6.66. The van der Waals surface area contributed by atoms with E-state index in [1.807, 2.05) is 66.7 Å². The summed E-state index contributed by atoms with van der Waals surface area (Å²) >= 11 is 0. The molecule has 14 nitrogen and oxygen atoms in total. The number of carbonyl (C=O) groups excluding carboxylic acids is 1. The molecule has 3 aliphatic rings. The first-order chi connectivity index (χ1) is 28.0. The number of nitrogens with zero attached hydrogens (tertiary/aromatic N) is 6. The lowest BCUT2D eigenvalue weighted by Crippen LogP contribution is -2.67. The van der Waals surface area contributed by atoms with Gasteiger partial charge in [-0.25, -0.2) is 15.0 Å². The number of amidine groups is 1. The molecule has 0 saturated carbocycles. The molecule has 2 fully saturated rings. The van der Waals surface area contributed by atoms with E-state index in [-0.39, 0.29) is 29.8 Å². The van der Waals surface area contributed by atoms with Gasteiger partial charge < -0.3 is 29.4 Å². The molecule has 58 heavy (non-hydrogen) atoms. The van der Waals surface area contributed by atoms with Gasteiger partial charge in [0, 0.05) is 31.6 Å². The SMILES string of the molecule is C1CCC2=NCCCN2CC1.CC(C)(C)[Si](OC[C@H]1O[C@@H](n2cnc3c(NC(=O)c4ccccc4)ncnc32)C[C@]1(O)O[PH](=O)O)(c1ccccc1)c1ccccc1. The van der Waals surface area contributed by atoms with Gasteiger partial charge in [-0.15, -0.1) is 0 Å². The smallest absolute Gasteiger partial charge is 0.319 e. The Morgan fingerprint density at radius 2 is 1.59 bits per heavy atom. The third-order valence-corrected chi connectivity index (χ3v) is 16.5. The van der Waals surface area contributed by atoms with Crippen molar-refractivity contribution in [3.05, 3.63) is 109 Å². The summed E-state index contributed by atoms with van der Waals surface area (Å²) in [6.45, 7) is 9.83. The Morgan fingerprint density at radius 3 is 2.24 bits per heavy atom. The molecule has 2 saturated heterocycles. The molecule has 16 heteroatoms. The standard InChI is InChI=1S/C33H36N5O7PSi.C9H16N2/c1-32(2,3)47(24-15-9-5-10-16-24,25-17-11-6-12-18-25)43-20-26-33(40,45-46(41)42)19-27(44-26)38-22-36-28-29(34-21-35-30(28)38)37-31(39)23-13-7-4-8-14-23;1-2-5-9-10-6-4-8-11(9)7-3-1/h4-18,21-22,26-27,40,46H,19-20H2,1-3H3,(H,41,42)(H,34,35,37,39);1-8H2/t26-,27-,33+;/m1./s1. The molecule has 3 N–H and O–H groups in total. The first-order valence-electron chi connectivity index (χ1n) is 19.9. The summed E-state index contributed by atoms with van der Waals surface area (Å²) in [6, 6.07) is 28.6. The van der Waals surface area contributed by atoms with Crippen molar-refractivity contribution in [3.63, 3.8) is 0 Å². The predicted molar refractivity (Wildman–Crippen MR) is 226 cm³/mol. The number of aliphatic imine (C=N–C) groups is 1. The molecule has 0 spiro atoms. The second-order valence-corrected chi connectivity index (χ2v) is 20.8. The van der Waals surface area contributed by atoms with Crippen molar-refractivity contribution in [3.8, 4) is 0 Å². The van der Waals surface area contributed by atoms with Gasteiger partial charge in [0.05, 0.1) is 25.2 Å². The molecule has 5 heterocycles. The lowest BCUT2D eigenvalue weighted by atomic mass is 10.1. The molecule has 1 unspecified atom stereocenters. The maximum Gasteiger partial charge on any atom is 0.319 e. The van der Waals surface area contributed by atoms with Gasteiger partial charge in [0.15, 0.2) is 17.0 Å². The molecule has 3 aliphatic heterocycles. The zero-order chi connectivity index (χ0) is 40.8. The Morgan fingerprint density at radius 1 is 0.931 bits per heavy atom. The van der Waals surface area contributed by atoms with Crippen LogP contribution in [0.5, 0.6) is 0 Å². The summed E-state index contributed by atoms with van der Waals surface area (Å²) in [5.41, 5.74) is 1.07. The molecule has 0 aliphatic carbocycles. The van der Waals surface area contributed by atoms with Crippen LogP contribution in [0.2, 0.25) is 5.04 Å². The molecule has 306 valence electrons. The monoisotopic (exact) mass is 825 g/mol. The highest BCUT2D eigenvalue weighted by Gasteiger charge is 2.55. The van der Waals surface area contributed by atoms with Crippen LogP contribution >= 0.6 is 8.25 Å². The molecule has 5 aromatic rings. The van der Waals surface area contributed by atoms with Crippen molar-refractivity contribution in [1.82, 2.24) is 24.4 Å². The Hall–Kier alpha value is -4.60. The normalized spacial score (nSPS) is 21.6. The van der Waals surface area contributed by atoms with Crippen molar-refractivity contribution in [2.75, 3.05) is 31.6 Å². The van der Waals surface area contributed by atoms with Gasteiger partial charge in [-0.1, -0.05) is 106 Å². The van der Waals surface area contributed by atoms with Gasteiger partial charge in [0.1, 0.15) is 18.7 Å². The van der Waals surface area contributed by atoms with E-state index >= 15 is 0 Å². The van der Waals surface area contributed by atoms with E-state index < -0.39 is 34.7 Å². The van der Waals surface area contributed by atoms with Gasteiger partial charge in [0.25, 0.3) is 14.2 Å². The van der Waals surface area contributed by atoms with E-state index in [2.05, 4.69) is 50.9 Å². The average molecular weight is 826 g/mol. The van der Waals surface area contributed by atoms with E-state index in [4.69, 9.17) is 13.7 Å². The molecule has 1 amide bonds. The van der Waals surface area contributed by atoms with Crippen molar-refractivity contribution in [1.29, 1.82) is 0 Å². The summed E-state index contributed by atoms with van der Waals surface area (Å²) in [5.74, 6) is -0.948. The molecule has 2 aromatic heterocycles. The number of amides is 1. The molecule has 8 rings (SSSR count). The Balaban J connectivity index is 0.000000399. The largest absolute Gasteiger partial charge is 0.405 e. The summed E-state index contributed by atoms with van der Waals surface area (Å²) in [4.78, 5) is 42.7. The highest BCUT2D eigenvalue weighted by molar-refractivity contribution is 7.32. The summed E-state index contributed by atoms with van der Waals surface area (Å²) < 4.78 is 32.2. The zero-order valence-electron chi connectivity index (χ0n) is 33.2. The van der Waals surface area contributed by atoms with Crippen LogP contribution in [-0.2, 0) is 18.3 Å². The van der Waals surface area contributed by atoms with Crippen LogP contribution in [0.3, 0.4) is 0 Å². The third-order valence-electron chi connectivity index (χ3n) is 10.9. The first kappa shape index (κ1) is 41.6. The Kier molecular flexibility index (Phi) is 13.0. The lowest BCUT2D eigenvalue weighted by molar-refractivity contribution is -0.183. The van der Waals surface area contributed by atoms with Gasteiger partial charge in [-0.3, -0.25) is 23.4 Å². The van der Waals surface area contributed by atoms with Gasteiger partial charge in [-0.05, 0) is 46.8 Å². The predicted octanol–water partition coefficient (Wildman–Crippen LogP) is 5.69. The minimum Gasteiger partial charge on any atom is -0.405 e. The Bertz CT molecular complexity index is 2170. The molecular formula is C42H52N7O7PSi. The number of hydrogen-bond donors (Lipinski definition) is 3. The van der Waals surface area contributed by atoms with E-state index in [9.17, 15) is 19.4 Å². The number of ether oxygens (including phenoxy) is 1. The number of aliphatic hydroxyl groups is 1. The van der Waals surface area contributed by atoms with Crippen LogP contribution in [0.4, 0.5) is 5.82 Å². The molecule has 0 radical (unpaired) electrons. The van der Waals surface area contributed by atoms with Crippen molar-refractivity contribution >= 4 is 55.7 Å². The van der Waals surface area contributed by atoms with Crippen molar-refractivity contribution < 1.29 is 33.0 Å². The van der Waals surface area contributed by atoms with Crippen LogP contribution in [0.1, 0.15) is 75.9 Å². The molecule has 0 bridgehead atoms. The number of fused-ring (bicyclic) bond motifs is 2. The second kappa shape index (κ2) is 18.1. The van der Waals surface area contributed by atoms with E-state index in [1.54, 1.807) is 28.8 Å². The molecular weight excluding hydrogens is 774 g/mol. The molecule has 4 atom stereocenters. The maximum absolute atomic E-state index is 12.8. The van der Waals surface area contributed by atoms with Crippen LogP contribution in [0.15, 0.2) is 109 Å². The number of benzene rings is 3. The highest BCUT2D eigenvalue weighted by atomic mass is 31.1. The molecule has 3 aromatic carbocycles. The first-order valence-corrected chi connectivity index (χ1v) is 23.0. The number of carbonyl (C=O) groups is 1. The van der Waals surface area contributed by atoms with Crippen molar-refractivity contribution in [2.24, 2.45) is 4.99 Å². The topological polar surface area (TPSA) is 174 Å². The third kappa shape index (κ3) is 9.01. The fourth-order valence-electron chi connectivity index (χ4n) is 8.14. The second-order valence-electron chi connectivity index (χ2n) is 15.8. The number of anilines is 1. The van der Waals surface area contributed by atoms with Gasteiger partial charge in [0.2, 0.25) is 5.79 Å². The zero-order valence-corrected chi connectivity index (χ0v) is 35.2. The van der Waals surface area contributed by atoms with Gasteiger partial charge in [-0.2, -0.15) is 0 Å². The minimum atomic E-state index is -3.59. The number of hydrogen-bond acceptors (Lipinski definition) is 11. The van der Waals surface area contributed by atoms with E-state index in [1.165, 1.54) is 63.7 Å². The van der Waals surface area contributed by atoms with Crippen molar-refractivity contribution in [2.45, 2.75) is 82.5 Å². The van der Waals surface area contributed by atoms with Crippen LogP contribution in [0.25, 0.3) is 11.2 Å². The maximum atomic E-state index is 12.8. The van der Waals surface area contributed by atoms with E-state index in [0.717, 1.165) is 16.9 Å². The highest BCUT2D eigenvalue weighted by Crippen LogP contribution is 2.45. The van der Waals surface area contributed by atoms with Crippen LogP contribution in [-0.4, -0.2) is 92.6 Å². The fraction of sp³-hybridized carbons (Fsp3) is 0.405. The number of aromatic nitrogens is 4. The average Bonchev–Trinajstić information content (AvgIpc) is 3.70. The lowest BCUT2D eigenvalue weighted by Gasteiger charge is -2.44. The fourth-order valence-corrected chi connectivity index (χ4v) is 13.2. The number of rotatable bonds is 10. The number of nitrogens with one attached hydrogen (secondary N) is 1. The summed E-state index contributed by atoms with van der Waals surface area (Å²) in [6.07, 6.45) is 7.08. The van der Waals surface area contributed by atoms with Crippen LogP contribution in [0, 0.1) is 0 Å². The Labute approximate surface area is 340 Å². The van der Waals surface area contributed by atoms with E-state index in [0.29, 0.717) is 16.7 Å². The van der Waals surface area contributed by atoms with Crippen LogP contribution < -0.4 is 15.7 Å². The quantitative estimate of drug-likeness (QED) is 0.0897.